The first-order chi connectivity index (χ1) is 9.69. The Kier molecular flexibility index (Phi) is 4.75. The Morgan fingerprint density at radius 2 is 2.45 bits per heavy atom. The second-order valence-corrected chi connectivity index (χ2v) is 4.61. The summed E-state index contributed by atoms with van der Waals surface area (Å²) < 4.78 is 5.40. The lowest BCUT2D eigenvalue weighted by Gasteiger charge is -2.10. The molecular formula is C15H16N2O3. The van der Waals surface area contributed by atoms with E-state index in [1.807, 2.05) is 6.07 Å². The summed E-state index contributed by atoms with van der Waals surface area (Å²) in [6, 6.07) is 8.26. The van der Waals surface area contributed by atoms with Gasteiger partial charge in [-0.05, 0) is 36.6 Å². The number of benzene rings is 1. The highest BCUT2D eigenvalue weighted by Crippen LogP contribution is 2.14. The Hall–Kier alpha value is -2.32. The van der Waals surface area contributed by atoms with Crippen molar-refractivity contribution in [3.05, 3.63) is 35.4 Å². The summed E-state index contributed by atoms with van der Waals surface area (Å²) >= 11 is 0. The Labute approximate surface area is 117 Å². The number of rotatable bonds is 4. The summed E-state index contributed by atoms with van der Waals surface area (Å²) in [4.78, 5) is 11.9. The van der Waals surface area contributed by atoms with Crippen LogP contribution in [-0.2, 0) is 9.53 Å². The van der Waals surface area contributed by atoms with Gasteiger partial charge in [0.15, 0.2) is 0 Å². The molecule has 0 unspecified atom stereocenters. The van der Waals surface area contributed by atoms with Crippen LogP contribution >= 0.6 is 0 Å². The minimum absolute atomic E-state index is 0.00796. The van der Waals surface area contributed by atoms with Crippen molar-refractivity contribution >= 4 is 12.0 Å². The van der Waals surface area contributed by atoms with E-state index in [4.69, 9.17) is 10.00 Å². The summed E-state index contributed by atoms with van der Waals surface area (Å²) in [7, 11) is 0. The summed E-state index contributed by atoms with van der Waals surface area (Å²) in [5, 5.41) is 21.1. The first kappa shape index (κ1) is 14.1. The number of phenols is 1. The van der Waals surface area contributed by atoms with Crippen molar-refractivity contribution in [1.82, 2.24) is 5.32 Å². The smallest absolute Gasteiger partial charge is 0.262 e. The minimum Gasteiger partial charge on any atom is -0.508 e. The second kappa shape index (κ2) is 6.73. The van der Waals surface area contributed by atoms with Gasteiger partial charge in [-0.25, -0.2) is 0 Å². The SMILES string of the molecule is N#C/C(=C/c1cccc(O)c1)C(=O)NC[C@H]1CCCO1. The van der Waals surface area contributed by atoms with Crippen LogP contribution in [0, 0.1) is 11.3 Å². The van der Waals surface area contributed by atoms with Crippen molar-refractivity contribution in [3.63, 3.8) is 0 Å². The van der Waals surface area contributed by atoms with Crippen LogP contribution in [0.25, 0.3) is 6.08 Å². The molecule has 1 aliphatic rings. The van der Waals surface area contributed by atoms with Crippen molar-refractivity contribution in [3.8, 4) is 11.8 Å². The van der Waals surface area contributed by atoms with E-state index in [0.717, 1.165) is 19.4 Å². The lowest BCUT2D eigenvalue weighted by Crippen LogP contribution is -2.32. The first-order valence-electron chi connectivity index (χ1n) is 6.49. The second-order valence-electron chi connectivity index (χ2n) is 4.61. The fourth-order valence-electron chi connectivity index (χ4n) is 2.04. The zero-order chi connectivity index (χ0) is 14.4. The van der Waals surface area contributed by atoms with Crippen molar-refractivity contribution in [2.45, 2.75) is 18.9 Å². The fraction of sp³-hybridized carbons (Fsp3) is 0.333. The van der Waals surface area contributed by atoms with Crippen LogP contribution in [0.15, 0.2) is 29.8 Å². The van der Waals surface area contributed by atoms with Crippen LogP contribution in [0.3, 0.4) is 0 Å². The Morgan fingerprint density at radius 3 is 3.10 bits per heavy atom. The summed E-state index contributed by atoms with van der Waals surface area (Å²) in [5.41, 5.74) is 0.613. The monoisotopic (exact) mass is 272 g/mol. The highest BCUT2D eigenvalue weighted by atomic mass is 16.5. The predicted molar refractivity (Wildman–Crippen MR) is 73.7 cm³/mol. The Morgan fingerprint density at radius 1 is 1.60 bits per heavy atom. The van der Waals surface area contributed by atoms with E-state index in [-0.39, 0.29) is 17.4 Å². The maximum absolute atomic E-state index is 11.9. The van der Waals surface area contributed by atoms with Crippen LogP contribution in [0.4, 0.5) is 0 Å². The summed E-state index contributed by atoms with van der Waals surface area (Å²) in [5.74, 6) is -0.331. The molecule has 0 aliphatic carbocycles. The first-order valence-corrected chi connectivity index (χ1v) is 6.49. The van der Waals surface area contributed by atoms with Gasteiger partial charge < -0.3 is 15.2 Å². The number of nitrogens with one attached hydrogen (secondary N) is 1. The van der Waals surface area contributed by atoms with Crippen LogP contribution in [0.2, 0.25) is 0 Å². The maximum atomic E-state index is 11.9. The normalized spacial score (nSPS) is 18.6. The van der Waals surface area contributed by atoms with Gasteiger partial charge >= 0.3 is 0 Å². The van der Waals surface area contributed by atoms with Crippen molar-refractivity contribution in [2.75, 3.05) is 13.2 Å². The highest BCUT2D eigenvalue weighted by molar-refractivity contribution is 6.01. The molecule has 1 aromatic carbocycles. The van der Waals surface area contributed by atoms with Gasteiger partial charge in [-0.3, -0.25) is 4.79 Å². The quantitative estimate of drug-likeness (QED) is 0.644. The van der Waals surface area contributed by atoms with Crippen LogP contribution in [0.5, 0.6) is 5.75 Å². The molecule has 0 radical (unpaired) electrons. The number of ether oxygens (including phenoxy) is 1. The molecule has 5 nitrogen and oxygen atoms in total. The molecule has 104 valence electrons. The van der Waals surface area contributed by atoms with E-state index < -0.39 is 5.91 Å². The van der Waals surface area contributed by atoms with Gasteiger partial charge in [0.2, 0.25) is 0 Å². The zero-order valence-corrected chi connectivity index (χ0v) is 11.0. The van der Waals surface area contributed by atoms with E-state index in [1.54, 1.807) is 12.1 Å². The molecule has 0 saturated carbocycles. The van der Waals surface area contributed by atoms with E-state index in [1.165, 1.54) is 18.2 Å². The van der Waals surface area contributed by atoms with Crippen molar-refractivity contribution in [2.24, 2.45) is 0 Å². The minimum atomic E-state index is -0.425. The van der Waals surface area contributed by atoms with Gasteiger partial charge in [0, 0.05) is 13.2 Å². The number of phenolic OH excluding ortho intramolecular Hbond substituents is 1. The molecule has 1 aromatic rings. The molecule has 2 rings (SSSR count). The lowest BCUT2D eigenvalue weighted by atomic mass is 10.1. The van der Waals surface area contributed by atoms with Crippen LogP contribution in [-0.4, -0.2) is 30.3 Å². The largest absolute Gasteiger partial charge is 0.508 e. The van der Waals surface area contributed by atoms with Gasteiger partial charge in [0.05, 0.1) is 6.10 Å². The number of hydrogen-bond donors (Lipinski definition) is 2. The molecule has 1 heterocycles. The number of nitrogens with zero attached hydrogens (tertiary/aromatic N) is 1. The zero-order valence-electron chi connectivity index (χ0n) is 11.0. The van der Waals surface area contributed by atoms with E-state index >= 15 is 0 Å². The van der Waals surface area contributed by atoms with Crippen LogP contribution in [0.1, 0.15) is 18.4 Å². The number of carbonyl (C=O) groups is 1. The van der Waals surface area contributed by atoms with Crippen LogP contribution < -0.4 is 5.32 Å². The number of amides is 1. The molecular weight excluding hydrogens is 256 g/mol. The van der Waals surface area contributed by atoms with Gasteiger partial charge in [0.1, 0.15) is 17.4 Å². The molecule has 2 N–H and O–H groups in total. The molecule has 1 aliphatic heterocycles. The molecule has 0 bridgehead atoms. The number of nitriles is 1. The molecule has 1 atom stereocenters. The number of hydrogen-bond acceptors (Lipinski definition) is 4. The summed E-state index contributed by atoms with van der Waals surface area (Å²) in [6.45, 7) is 1.14. The van der Waals surface area contributed by atoms with E-state index in [0.29, 0.717) is 12.1 Å². The van der Waals surface area contributed by atoms with E-state index in [9.17, 15) is 9.90 Å². The Bertz CT molecular complexity index is 554. The average molecular weight is 272 g/mol. The maximum Gasteiger partial charge on any atom is 0.262 e. The molecule has 20 heavy (non-hydrogen) atoms. The molecule has 1 saturated heterocycles. The van der Waals surface area contributed by atoms with E-state index in [2.05, 4.69) is 5.32 Å². The Balaban J connectivity index is 1.99. The van der Waals surface area contributed by atoms with Gasteiger partial charge in [0.25, 0.3) is 5.91 Å². The highest BCUT2D eigenvalue weighted by Gasteiger charge is 2.17. The van der Waals surface area contributed by atoms with Crippen molar-refractivity contribution < 1.29 is 14.6 Å². The summed E-state index contributed by atoms with van der Waals surface area (Å²) in [6.07, 6.45) is 3.42. The molecule has 0 spiro atoms. The third-order valence-corrected chi connectivity index (χ3v) is 3.06. The predicted octanol–water partition coefficient (Wildman–Crippen LogP) is 1.59. The fourth-order valence-corrected chi connectivity index (χ4v) is 2.04. The third kappa shape index (κ3) is 3.84. The van der Waals surface area contributed by atoms with Crippen molar-refractivity contribution in [1.29, 1.82) is 5.26 Å². The lowest BCUT2D eigenvalue weighted by molar-refractivity contribution is -0.117. The van der Waals surface area contributed by atoms with Gasteiger partial charge in [-0.2, -0.15) is 5.26 Å². The number of aromatic hydroxyl groups is 1. The third-order valence-electron chi connectivity index (χ3n) is 3.06. The topological polar surface area (TPSA) is 82.3 Å². The van der Waals surface area contributed by atoms with Gasteiger partial charge in [-0.15, -0.1) is 0 Å². The standard InChI is InChI=1S/C15H16N2O3/c16-9-12(7-11-3-1-4-13(18)8-11)15(19)17-10-14-5-2-6-20-14/h1,3-4,7-8,14,18H,2,5-6,10H2,(H,17,19)/b12-7-/t14-/m1/s1. The number of carbonyl (C=O) groups excluding carboxylic acids is 1. The average Bonchev–Trinajstić information content (AvgIpc) is 2.95. The molecule has 1 fully saturated rings. The molecule has 5 heteroatoms. The molecule has 0 aromatic heterocycles. The van der Waals surface area contributed by atoms with Gasteiger partial charge in [-0.1, -0.05) is 12.1 Å². The molecule has 1 amide bonds.